The van der Waals surface area contributed by atoms with Crippen molar-refractivity contribution in [2.45, 2.75) is 17.2 Å². The molecule has 0 aromatic carbocycles. The van der Waals surface area contributed by atoms with Crippen LogP contribution < -0.4 is 0 Å². The van der Waals surface area contributed by atoms with E-state index in [0.29, 0.717) is 5.03 Å². The Bertz CT molecular complexity index is 485. The van der Waals surface area contributed by atoms with Crippen LogP contribution in [0.4, 0.5) is 22.0 Å². The Labute approximate surface area is 108 Å². The summed E-state index contributed by atoms with van der Waals surface area (Å²) in [5.74, 6) is -1.95. The molecule has 4 nitrogen and oxygen atoms in total. The monoisotopic (exact) mass is 303 g/mol. The Hall–Kier alpha value is -1.29. The molecule has 1 heterocycles. The lowest BCUT2D eigenvalue weighted by Crippen LogP contribution is -2.52. The highest BCUT2D eigenvalue weighted by Gasteiger charge is 2.65. The van der Waals surface area contributed by atoms with E-state index in [4.69, 9.17) is 0 Å². The number of carbonyl (C=O) groups excluding carboxylic acids is 1. The van der Waals surface area contributed by atoms with Crippen LogP contribution in [0.1, 0.15) is 10.5 Å². The minimum absolute atomic E-state index is 0.437. The smallest absolute Gasteiger partial charge is 0.335 e. The molecular weight excluding hydrogens is 295 g/mol. The molecule has 0 N–H and O–H groups in total. The molecule has 10 heteroatoms. The van der Waals surface area contributed by atoms with Crippen molar-refractivity contribution in [2.24, 2.45) is 7.05 Å². The highest BCUT2D eigenvalue weighted by Crippen LogP contribution is 2.38. The van der Waals surface area contributed by atoms with Gasteiger partial charge in [0.15, 0.2) is 0 Å². The summed E-state index contributed by atoms with van der Waals surface area (Å²) in [6.07, 6.45) is -4.51. The fourth-order valence-corrected chi connectivity index (χ4v) is 1.84. The van der Waals surface area contributed by atoms with Gasteiger partial charge in [-0.05, 0) is 18.4 Å². The molecule has 0 aliphatic heterocycles. The quantitative estimate of drug-likeness (QED) is 0.373. The Kier molecular flexibility index (Phi) is 4.15. The zero-order chi connectivity index (χ0) is 15.0. The van der Waals surface area contributed by atoms with Gasteiger partial charge in [-0.3, -0.25) is 4.79 Å². The maximum Gasteiger partial charge on any atom is 0.478 e. The number of thioether (sulfide) groups is 1. The average Bonchev–Trinajstić information content (AvgIpc) is 2.66. The third-order valence-corrected chi connectivity index (χ3v) is 3.11. The van der Waals surface area contributed by atoms with Crippen LogP contribution in [0, 0.1) is 0 Å². The van der Waals surface area contributed by atoms with E-state index in [2.05, 4.69) is 0 Å². The van der Waals surface area contributed by atoms with Crippen molar-refractivity contribution < 1.29 is 32.0 Å². The molecule has 1 rings (SSSR count). The van der Waals surface area contributed by atoms with E-state index in [9.17, 15) is 32.0 Å². The topological polar surface area (TPSA) is 45.1 Å². The number of halogens is 5. The first-order chi connectivity index (χ1) is 8.54. The van der Waals surface area contributed by atoms with Gasteiger partial charge < -0.3 is 4.57 Å². The van der Waals surface area contributed by atoms with Crippen molar-refractivity contribution in [2.75, 3.05) is 6.26 Å². The Morgan fingerprint density at radius 1 is 1.26 bits per heavy atom. The lowest BCUT2D eigenvalue weighted by atomic mass is 10.3. The summed E-state index contributed by atoms with van der Waals surface area (Å²) in [5, 5.41) is 9.52. The first kappa shape index (κ1) is 15.8. The molecule has 0 spiro atoms. The van der Waals surface area contributed by atoms with Gasteiger partial charge >= 0.3 is 18.1 Å². The molecule has 19 heavy (non-hydrogen) atoms. The number of amides is 1. The minimum Gasteiger partial charge on any atom is -0.335 e. The number of hydrogen-bond acceptors (Lipinski definition) is 2. The van der Waals surface area contributed by atoms with E-state index < -0.39 is 28.9 Å². The third kappa shape index (κ3) is 2.68. The maximum absolute atomic E-state index is 12.7. The second-order valence-electron chi connectivity index (χ2n) is 3.46. The first-order valence-corrected chi connectivity index (χ1v) is 5.92. The van der Waals surface area contributed by atoms with E-state index >= 15 is 0 Å². The summed E-state index contributed by atoms with van der Waals surface area (Å²) in [4.78, 5) is 11.4. The number of carbonyl (C=O) groups is 1. The third-order valence-electron chi connectivity index (χ3n) is 2.28. The van der Waals surface area contributed by atoms with Crippen molar-refractivity contribution in [1.82, 2.24) is 9.63 Å². The molecule has 0 aliphatic carbocycles. The molecule has 0 aliphatic rings. The van der Waals surface area contributed by atoms with E-state index in [1.165, 1.54) is 13.1 Å². The van der Waals surface area contributed by atoms with Gasteiger partial charge in [-0.15, -0.1) is 16.8 Å². The van der Waals surface area contributed by atoms with Crippen molar-refractivity contribution in [3.05, 3.63) is 17.8 Å². The van der Waals surface area contributed by atoms with Gasteiger partial charge in [-0.1, -0.05) is 5.21 Å². The predicted octanol–water partition coefficient (Wildman–Crippen LogP) is 2.69. The second kappa shape index (κ2) is 5.00. The summed E-state index contributed by atoms with van der Waals surface area (Å²) < 4.78 is 62.5. The van der Waals surface area contributed by atoms with Gasteiger partial charge in [0.25, 0.3) is 0 Å². The van der Waals surface area contributed by atoms with Crippen LogP contribution in [0.25, 0.3) is 0 Å². The average molecular weight is 303 g/mol. The van der Waals surface area contributed by atoms with Gasteiger partial charge in [0.05, 0.1) is 5.03 Å². The summed E-state index contributed by atoms with van der Waals surface area (Å²) >= 11 is 1.14. The Balaban J connectivity index is 3.10. The summed E-state index contributed by atoms with van der Waals surface area (Å²) in [5.41, 5.74) is -0.553. The van der Waals surface area contributed by atoms with E-state index in [0.717, 1.165) is 22.4 Å². The van der Waals surface area contributed by atoms with Crippen molar-refractivity contribution >= 4 is 17.7 Å². The highest BCUT2D eigenvalue weighted by molar-refractivity contribution is 7.98. The summed E-state index contributed by atoms with van der Waals surface area (Å²) in [6, 6.07) is -3.43. The fraction of sp³-hybridized carbons (Fsp3) is 0.444. The van der Waals surface area contributed by atoms with E-state index in [1.54, 1.807) is 6.26 Å². The summed E-state index contributed by atoms with van der Waals surface area (Å²) in [7, 11) is 1.28. The van der Waals surface area contributed by atoms with Crippen LogP contribution >= 0.6 is 11.8 Å². The number of aromatic nitrogens is 1. The molecule has 0 atom stereocenters. The molecule has 1 aromatic heterocycles. The van der Waals surface area contributed by atoms with Crippen LogP contribution in [-0.2, 0) is 12.3 Å². The number of rotatable bonds is 3. The molecule has 1 amide bonds. The standard InChI is InChI=1S/C9H8F5N2O2S/c1-15-5(3-4-6(15)19-2)7(17)16(18)9(13,14)8(10,11)12/h3-4H,1-2H3. The molecular formula is C9H8F5N2O2S. The van der Waals surface area contributed by atoms with Crippen molar-refractivity contribution in [3.8, 4) is 0 Å². The lowest BCUT2D eigenvalue weighted by molar-refractivity contribution is -0.397. The molecule has 0 saturated heterocycles. The highest BCUT2D eigenvalue weighted by atomic mass is 32.2. The molecule has 0 bridgehead atoms. The largest absolute Gasteiger partial charge is 0.478 e. The molecule has 1 radical (unpaired) electrons. The summed E-state index contributed by atoms with van der Waals surface area (Å²) in [6.45, 7) is 0. The molecule has 0 fully saturated rings. The maximum atomic E-state index is 12.7. The van der Waals surface area contributed by atoms with E-state index in [1.807, 2.05) is 0 Å². The molecule has 1 aromatic rings. The molecule has 0 saturated carbocycles. The predicted molar refractivity (Wildman–Crippen MR) is 55.1 cm³/mol. The van der Waals surface area contributed by atoms with Crippen LogP contribution in [0.2, 0.25) is 0 Å². The zero-order valence-corrected chi connectivity index (χ0v) is 10.5. The van der Waals surface area contributed by atoms with Gasteiger partial charge in [0, 0.05) is 7.05 Å². The van der Waals surface area contributed by atoms with Crippen LogP contribution in [-0.4, -0.2) is 34.0 Å². The van der Waals surface area contributed by atoms with Gasteiger partial charge in [-0.2, -0.15) is 22.0 Å². The Morgan fingerprint density at radius 3 is 2.16 bits per heavy atom. The zero-order valence-electron chi connectivity index (χ0n) is 9.66. The molecule has 107 valence electrons. The van der Waals surface area contributed by atoms with Gasteiger partial charge in [0.1, 0.15) is 5.69 Å². The number of nitrogens with zero attached hydrogens (tertiary/aromatic N) is 2. The van der Waals surface area contributed by atoms with Crippen LogP contribution in [0.3, 0.4) is 0 Å². The number of alkyl halides is 5. The molecule has 0 unspecified atom stereocenters. The Morgan fingerprint density at radius 2 is 1.79 bits per heavy atom. The van der Waals surface area contributed by atoms with Crippen molar-refractivity contribution in [3.63, 3.8) is 0 Å². The first-order valence-electron chi connectivity index (χ1n) is 4.70. The second-order valence-corrected chi connectivity index (χ2v) is 4.29. The number of hydrogen-bond donors (Lipinski definition) is 0. The van der Waals surface area contributed by atoms with Gasteiger partial charge in [-0.25, -0.2) is 0 Å². The van der Waals surface area contributed by atoms with Gasteiger partial charge in [0.2, 0.25) is 0 Å². The van der Waals surface area contributed by atoms with Crippen molar-refractivity contribution in [1.29, 1.82) is 0 Å². The minimum atomic E-state index is -6.13. The van der Waals surface area contributed by atoms with Crippen LogP contribution in [0.15, 0.2) is 17.2 Å². The number of hydroxylamine groups is 2. The fourth-order valence-electron chi connectivity index (χ4n) is 1.26. The SMILES string of the molecule is CSc1ccc(C(=O)N([O])C(F)(F)C(F)(F)F)n1C. The van der Waals surface area contributed by atoms with E-state index in [-0.39, 0.29) is 0 Å². The lowest BCUT2D eigenvalue weighted by Gasteiger charge is -2.24. The normalized spacial score (nSPS) is 12.6. The van der Waals surface area contributed by atoms with Crippen LogP contribution in [0.5, 0.6) is 0 Å².